The Morgan fingerprint density at radius 1 is 1.38 bits per heavy atom. The SMILES string of the molecule is Br.CCOC(=O)[C@H](C)NP(=O)(OC[C@H]1O[C@@H](n2ccc(N)nc2=O)[C@](C)(O)[C@@H]1O)Oc1ccc(Cl)cc1. The molecule has 0 radical (unpaired) electrons. The maximum atomic E-state index is 13.6. The molecule has 206 valence electrons. The maximum absolute atomic E-state index is 13.6. The van der Waals surface area contributed by atoms with Gasteiger partial charge in [-0.05, 0) is 51.1 Å². The fourth-order valence-corrected chi connectivity index (χ4v) is 5.06. The molecule has 1 saturated heterocycles. The lowest BCUT2D eigenvalue weighted by molar-refractivity contribution is -0.144. The van der Waals surface area contributed by atoms with Crippen LogP contribution in [0.3, 0.4) is 0 Å². The lowest BCUT2D eigenvalue weighted by Crippen LogP contribution is -2.46. The van der Waals surface area contributed by atoms with E-state index >= 15 is 0 Å². The first-order valence-electron chi connectivity index (χ1n) is 10.9. The van der Waals surface area contributed by atoms with E-state index in [4.69, 9.17) is 35.9 Å². The van der Waals surface area contributed by atoms with Crippen LogP contribution < -0.4 is 21.0 Å². The number of ether oxygens (including phenoxy) is 2. The van der Waals surface area contributed by atoms with Crippen molar-refractivity contribution in [3.63, 3.8) is 0 Å². The van der Waals surface area contributed by atoms with Gasteiger partial charge in [-0.15, -0.1) is 17.0 Å². The van der Waals surface area contributed by atoms with Gasteiger partial charge in [-0.2, -0.15) is 10.1 Å². The number of anilines is 1. The van der Waals surface area contributed by atoms with Crippen molar-refractivity contribution in [2.24, 2.45) is 0 Å². The first-order chi connectivity index (χ1) is 16.9. The fourth-order valence-electron chi connectivity index (χ4n) is 3.44. The van der Waals surface area contributed by atoms with Crippen LogP contribution in [0.5, 0.6) is 5.75 Å². The largest absolute Gasteiger partial charge is 0.465 e. The molecule has 3 rings (SSSR count). The fraction of sp³-hybridized carbons (Fsp3) is 0.476. The molecule has 0 amide bonds. The summed E-state index contributed by atoms with van der Waals surface area (Å²) in [5.41, 5.74) is 2.74. The Morgan fingerprint density at radius 2 is 2.03 bits per heavy atom. The zero-order valence-electron chi connectivity index (χ0n) is 20.1. The third-order valence-electron chi connectivity index (χ3n) is 5.30. The number of aliphatic hydroxyl groups excluding tert-OH is 1. The zero-order valence-corrected chi connectivity index (χ0v) is 23.5. The van der Waals surface area contributed by atoms with Crippen LogP contribution in [0.4, 0.5) is 5.82 Å². The van der Waals surface area contributed by atoms with Crippen molar-refractivity contribution >= 4 is 48.1 Å². The van der Waals surface area contributed by atoms with Crippen molar-refractivity contribution < 1.29 is 38.1 Å². The van der Waals surface area contributed by atoms with Crippen LogP contribution in [-0.2, 0) is 23.4 Å². The number of carbonyl (C=O) groups excluding carboxylic acids is 1. The van der Waals surface area contributed by atoms with E-state index in [1.807, 2.05) is 0 Å². The lowest BCUT2D eigenvalue weighted by Gasteiger charge is -2.27. The number of carbonyl (C=O) groups is 1. The number of nitrogen functional groups attached to an aromatic ring is 1. The summed E-state index contributed by atoms with van der Waals surface area (Å²) in [6.07, 6.45) is -2.92. The minimum atomic E-state index is -4.28. The Balaban J connectivity index is 0.00000481. The van der Waals surface area contributed by atoms with E-state index in [9.17, 15) is 24.4 Å². The van der Waals surface area contributed by atoms with Crippen molar-refractivity contribution in [3.05, 3.63) is 52.0 Å². The van der Waals surface area contributed by atoms with Crippen molar-refractivity contribution in [3.8, 4) is 5.75 Å². The van der Waals surface area contributed by atoms with Crippen molar-refractivity contribution in [1.29, 1.82) is 0 Å². The number of hydrogen-bond acceptors (Lipinski definition) is 11. The zero-order chi connectivity index (χ0) is 26.7. The smallest absolute Gasteiger partial charge is 0.459 e. The predicted octanol–water partition coefficient (Wildman–Crippen LogP) is 1.81. The van der Waals surface area contributed by atoms with Gasteiger partial charge >= 0.3 is 19.4 Å². The van der Waals surface area contributed by atoms with E-state index in [0.29, 0.717) is 5.02 Å². The molecule has 13 nitrogen and oxygen atoms in total. The first-order valence-corrected chi connectivity index (χ1v) is 12.8. The Kier molecular flexibility index (Phi) is 10.7. The molecule has 0 saturated carbocycles. The molecule has 0 bridgehead atoms. The molecular weight excluding hydrogens is 599 g/mol. The van der Waals surface area contributed by atoms with E-state index in [-0.39, 0.29) is 35.2 Å². The highest BCUT2D eigenvalue weighted by atomic mass is 79.9. The first kappa shape index (κ1) is 31.2. The van der Waals surface area contributed by atoms with Crippen LogP contribution in [-0.4, -0.2) is 62.8 Å². The Hall–Kier alpha value is -2.03. The third-order valence-corrected chi connectivity index (χ3v) is 7.19. The topological polar surface area (TPSA) is 184 Å². The Labute approximate surface area is 228 Å². The van der Waals surface area contributed by atoms with Gasteiger partial charge in [0.25, 0.3) is 0 Å². The summed E-state index contributed by atoms with van der Waals surface area (Å²) >= 11 is 5.88. The summed E-state index contributed by atoms with van der Waals surface area (Å²) < 4.78 is 36.2. The molecule has 16 heteroatoms. The average molecular weight is 628 g/mol. The summed E-state index contributed by atoms with van der Waals surface area (Å²) in [5, 5.41) is 24.5. The molecular formula is C21H29BrClN4O9P. The minimum Gasteiger partial charge on any atom is -0.465 e. The van der Waals surface area contributed by atoms with Crippen molar-refractivity contribution in [1.82, 2.24) is 14.6 Å². The molecule has 2 aromatic rings. The monoisotopic (exact) mass is 626 g/mol. The second kappa shape index (κ2) is 12.7. The van der Waals surface area contributed by atoms with Crippen molar-refractivity contribution in [2.75, 3.05) is 18.9 Å². The molecule has 1 unspecified atom stereocenters. The van der Waals surface area contributed by atoms with Crippen LogP contribution in [0.15, 0.2) is 41.3 Å². The summed E-state index contributed by atoms with van der Waals surface area (Å²) in [6.45, 7) is 3.83. The molecule has 37 heavy (non-hydrogen) atoms. The van der Waals surface area contributed by atoms with E-state index in [1.165, 1.54) is 50.4 Å². The van der Waals surface area contributed by atoms with Crippen LogP contribution >= 0.6 is 36.3 Å². The van der Waals surface area contributed by atoms with Crippen molar-refractivity contribution in [2.45, 2.75) is 50.8 Å². The Bertz CT molecular complexity index is 1180. The maximum Gasteiger partial charge on any atom is 0.459 e. The van der Waals surface area contributed by atoms with Gasteiger partial charge in [0, 0.05) is 11.2 Å². The van der Waals surface area contributed by atoms with E-state index < -0.39 is 56.1 Å². The molecule has 1 aliphatic rings. The van der Waals surface area contributed by atoms with E-state index in [0.717, 1.165) is 4.57 Å². The molecule has 1 aromatic carbocycles. The van der Waals surface area contributed by atoms with Gasteiger partial charge in [0.05, 0.1) is 13.2 Å². The highest BCUT2D eigenvalue weighted by Gasteiger charge is 2.54. The predicted molar refractivity (Wildman–Crippen MR) is 139 cm³/mol. The van der Waals surface area contributed by atoms with Gasteiger partial charge in [0.2, 0.25) is 0 Å². The number of halogens is 2. The van der Waals surface area contributed by atoms with Crippen LogP contribution in [0.1, 0.15) is 27.0 Å². The number of hydrogen-bond donors (Lipinski definition) is 4. The van der Waals surface area contributed by atoms with E-state index in [1.54, 1.807) is 6.92 Å². The van der Waals surface area contributed by atoms with Gasteiger partial charge < -0.3 is 29.9 Å². The minimum absolute atomic E-state index is 0. The number of nitrogens with one attached hydrogen (secondary N) is 1. The molecule has 5 N–H and O–H groups in total. The molecule has 1 aliphatic heterocycles. The summed E-state index contributed by atoms with van der Waals surface area (Å²) in [7, 11) is -4.28. The quantitative estimate of drug-likeness (QED) is 0.222. The van der Waals surface area contributed by atoms with Gasteiger partial charge in [-0.3, -0.25) is 13.9 Å². The van der Waals surface area contributed by atoms with Gasteiger partial charge in [-0.25, -0.2) is 9.36 Å². The number of benzene rings is 1. The number of nitrogens with two attached hydrogens (primary N) is 1. The molecule has 2 heterocycles. The number of aromatic nitrogens is 2. The van der Waals surface area contributed by atoms with Crippen LogP contribution in [0.25, 0.3) is 0 Å². The second-order valence-electron chi connectivity index (χ2n) is 8.18. The summed E-state index contributed by atoms with van der Waals surface area (Å²) in [6, 6.07) is 6.12. The number of aliphatic hydroxyl groups is 2. The van der Waals surface area contributed by atoms with Gasteiger partial charge in [0.1, 0.15) is 35.4 Å². The third kappa shape index (κ3) is 7.52. The molecule has 1 aromatic heterocycles. The standard InChI is InChI=1S/C21H28ClN4O9P.BrH/c1-4-32-18(28)12(2)25-36(31,35-14-7-5-13(22)6-8-14)33-11-15-17(27)21(3,30)19(34-15)26-10-9-16(23)24-20(26)29;/h5-10,12,15,17,19,27,30H,4,11H2,1-3H3,(H,25,31)(H2,23,24,29);1H/t12-,15+,17+,19+,21+,36?;/m0./s1. The van der Waals surface area contributed by atoms with Gasteiger partial charge in [0.15, 0.2) is 6.23 Å². The summed E-state index contributed by atoms with van der Waals surface area (Å²) in [4.78, 5) is 27.9. The van der Waals surface area contributed by atoms with E-state index in [2.05, 4.69) is 10.1 Å². The van der Waals surface area contributed by atoms with Crippen LogP contribution in [0.2, 0.25) is 5.02 Å². The summed E-state index contributed by atoms with van der Waals surface area (Å²) in [5.74, 6) is -0.614. The number of nitrogens with zero attached hydrogens (tertiary/aromatic N) is 2. The van der Waals surface area contributed by atoms with Crippen LogP contribution in [0, 0.1) is 0 Å². The number of esters is 1. The lowest BCUT2D eigenvalue weighted by atomic mass is 9.96. The number of rotatable bonds is 10. The van der Waals surface area contributed by atoms with Gasteiger partial charge in [-0.1, -0.05) is 11.6 Å². The highest BCUT2D eigenvalue weighted by molar-refractivity contribution is 8.93. The molecule has 6 atom stereocenters. The second-order valence-corrected chi connectivity index (χ2v) is 10.3. The molecule has 1 fully saturated rings. The molecule has 0 spiro atoms. The normalized spacial score (nSPS) is 25.5. The highest BCUT2D eigenvalue weighted by Crippen LogP contribution is 2.47. The Morgan fingerprint density at radius 3 is 2.62 bits per heavy atom. The molecule has 0 aliphatic carbocycles. The average Bonchev–Trinajstić information content (AvgIpc) is 3.03.